The predicted octanol–water partition coefficient (Wildman–Crippen LogP) is 4.12. The lowest BCUT2D eigenvalue weighted by Gasteiger charge is -2.14. The largest absolute Gasteiger partial charge is 0.469 e. The van der Waals surface area contributed by atoms with Gasteiger partial charge in [-0.15, -0.1) is 0 Å². The van der Waals surface area contributed by atoms with E-state index < -0.39 is 11.9 Å². The Hall–Kier alpha value is -3.85. The summed E-state index contributed by atoms with van der Waals surface area (Å²) >= 11 is 0. The van der Waals surface area contributed by atoms with Crippen molar-refractivity contribution in [3.8, 4) is 16.9 Å². The summed E-state index contributed by atoms with van der Waals surface area (Å²) in [5.74, 6) is 0.132. The van der Waals surface area contributed by atoms with Gasteiger partial charge in [-0.25, -0.2) is 9.37 Å². The van der Waals surface area contributed by atoms with Gasteiger partial charge in [-0.3, -0.25) is 14.2 Å². The van der Waals surface area contributed by atoms with Crippen LogP contribution in [-0.2, 0) is 16.0 Å². The number of carbonyl (C=O) groups excluding carboxylic acids is 1. The molecule has 0 aliphatic heterocycles. The molecule has 0 spiro atoms. The van der Waals surface area contributed by atoms with E-state index in [9.17, 15) is 19.1 Å². The molecule has 2 aromatic carbocycles. The summed E-state index contributed by atoms with van der Waals surface area (Å²) in [4.78, 5) is 29.6. The number of aliphatic hydroxyl groups is 1. The van der Waals surface area contributed by atoms with Gasteiger partial charge in [0.15, 0.2) is 5.76 Å². The van der Waals surface area contributed by atoms with Crippen molar-refractivity contribution in [2.75, 3.05) is 7.11 Å². The van der Waals surface area contributed by atoms with Gasteiger partial charge in [0, 0.05) is 24.5 Å². The first-order valence-corrected chi connectivity index (χ1v) is 10.9. The number of aromatic nitrogens is 3. The van der Waals surface area contributed by atoms with Crippen LogP contribution in [0.2, 0.25) is 0 Å². The first kappa shape index (κ1) is 23.3. The van der Waals surface area contributed by atoms with Crippen molar-refractivity contribution in [2.45, 2.75) is 38.7 Å². The van der Waals surface area contributed by atoms with Crippen molar-refractivity contribution in [1.29, 1.82) is 0 Å². The highest BCUT2D eigenvalue weighted by Crippen LogP contribution is 2.25. The minimum atomic E-state index is -0.792. The maximum absolute atomic E-state index is 13.5. The highest BCUT2D eigenvalue weighted by molar-refractivity contribution is 5.83. The van der Waals surface area contributed by atoms with Crippen LogP contribution < -0.4 is 5.56 Å². The zero-order valence-corrected chi connectivity index (χ0v) is 18.8. The summed E-state index contributed by atoms with van der Waals surface area (Å²) in [5.41, 5.74) is 1.90. The van der Waals surface area contributed by atoms with Crippen LogP contribution in [0.25, 0.3) is 27.8 Å². The van der Waals surface area contributed by atoms with Crippen molar-refractivity contribution < 1.29 is 23.6 Å². The van der Waals surface area contributed by atoms with Crippen molar-refractivity contribution >= 4 is 16.9 Å². The molecule has 0 aliphatic rings. The fourth-order valence-electron chi connectivity index (χ4n) is 3.69. The highest BCUT2D eigenvalue weighted by Gasteiger charge is 2.16. The van der Waals surface area contributed by atoms with Gasteiger partial charge in [0.1, 0.15) is 23.4 Å². The zero-order valence-electron chi connectivity index (χ0n) is 18.8. The van der Waals surface area contributed by atoms with Crippen molar-refractivity contribution in [3.05, 3.63) is 76.3 Å². The molecule has 0 saturated heterocycles. The Bertz CT molecular complexity index is 1380. The van der Waals surface area contributed by atoms with Crippen LogP contribution >= 0.6 is 0 Å². The minimum absolute atomic E-state index is 0.271. The second kappa shape index (κ2) is 9.96. The molecule has 8 nitrogen and oxygen atoms in total. The third-order valence-electron chi connectivity index (χ3n) is 5.52. The molecule has 4 aromatic rings. The van der Waals surface area contributed by atoms with Gasteiger partial charge in [0.2, 0.25) is 0 Å². The number of methoxy groups -OCH3 is 1. The summed E-state index contributed by atoms with van der Waals surface area (Å²) in [6.45, 7) is 1.58. The molecule has 0 radical (unpaired) electrons. The quantitative estimate of drug-likeness (QED) is 0.308. The standard InChI is InChI=1S/C25H24FN3O5/c1-15(30)22-14-20(28-34-22)16-7-12-19-21(13-16)27-23(5-3-4-6-24(31)33-2)29(25(19)32)18-10-8-17(26)9-11-18/h7-15,30H,3-6H2,1-2H3/t15-/m1/s1. The van der Waals surface area contributed by atoms with E-state index in [4.69, 9.17) is 9.51 Å². The van der Waals surface area contributed by atoms with E-state index in [1.165, 1.54) is 35.9 Å². The fourth-order valence-corrected chi connectivity index (χ4v) is 3.69. The van der Waals surface area contributed by atoms with Crippen LogP contribution in [0.5, 0.6) is 0 Å². The number of hydrogen-bond donors (Lipinski definition) is 1. The van der Waals surface area contributed by atoms with E-state index in [-0.39, 0.29) is 17.9 Å². The molecule has 0 unspecified atom stereocenters. The molecule has 1 N–H and O–H groups in total. The highest BCUT2D eigenvalue weighted by atomic mass is 19.1. The number of benzene rings is 2. The topological polar surface area (TPSA) is 107 Å². The van der Waals surface area contributed by atoms with E-state index in [1.54, 1.807) is 31.2 Å². The number of aryl methyl sites for hydroxylation is 1. The van der Waals surface area contributed by atoms with Gasteiger partial charge in [-0.1, -0.05) is 11.2 Å². The van der Waals surface area contributed by atoms with Crippen molar-refractivity contribution in [2.24, 2.45) is 0 Å². The Morgan fingerprint density at radius 1 is 1.18 bits per heavy atom. The van der Waals surface area contributed by atoms with Gasteiger partial charge in [0.05, 0.1) is 23.7 Å². The number of esters is 1. The monoisotopic (exact) mass is 465 g/mol. The lowest BCUT2D eigenvalue weighted by Crippen LogP contribution is -2.24. The predicted molar refractivity (Wildman–Crippen MR) is 123 cm³/mol. The number of unbranched alkanes of at least 4 members (excludes halogenated alkanes) is 1. The summed E-state index contributed by atoms with van der Waals surface area (Å²) in [6.07, 6.45) is 1.09. The molecule has 0 saturated carbocycles. The van der Waals surface area contributed by atoms with E-state index in [0.717, 1.165) is 0 Å². The summed E-state index contributed by atoms with van der Waals surface area (Å²) in [7, 11) is 1.34. The Balaban J connectivity index is 1.76. The van der Waals surface area contributed by atoms with Gasteiger partial charge in [-0.2, -0.15) is 0 Å². The first-order chi connectivity index (χ1) is 16.4. The van der Waals surface area contributed by atoms with Gasteiger partial charge < -0.3 is 14.4 Å². The number of fused-ring (bicyclic) bond motifs is 1. The smallest absolute Gasteiger partial charge is 0.305 e. The Kier molecular flexibility index (Phi) is 6.83. The molecule has 1 atom stereocenters. The second-order valence-corrected chi connectivity index (χ2v) is 7.95. The van der Waals surface area contributed by atoms with Gasteiger partial charge in [-0.05, 0) is 56.2 Å². The summed E-state index contributed by atoms with van der Waals surface area (Å²) in [6, 6.07) is 12.4. The van der Waals surface area contributed by atoms with Crippen LogP contribution in [0.15, 0.2) is 57.8 Å². The molecule has 0 fully saturated rings. The third-order valence-corrected chi connectivity index (χ3v) is 5.52. The van der Waals surface area contributed by atoms with Crippen LogP contribution in [0.1, 0.15) is 43.9 Å². The van der Waals surface area contributed by atoms with E-state index >= 15 is 0 Å². The van der Waals surface area contributed by atoms with Gasteiger partial charge in [0.25, 0.3) is 5.56 Å². The van der Waals surface area contributed by atoms with E-state index in [2.05, 4.69) is 9.89 Å². The molecular weight excluding hydrogens is 441 g/mol. The van der Waals surface area contributed by atoms with Crippen LogP contribution in [-0.4, -0.2) is 32.9 Å². The zero-order chi connectivity index (χ0) is 24.2. The molecule has 0 aliphatic carbocycles. The summed E-state index contributed by atoms with van der Waals surface area (Å²) < 4.78 is 24.8. The van der Waals surface area contributed by atoms with Crippen LogP contribution in [0.4, 0.5) is 4.39 Å². The van der Waals surface area contributed by atoms with E-state index in [1.807, 2.05) is 0 Å². The summed E-state index contributed by atoms with van der Waals surface area (Å²) in [5, 5.41) is 14.1. The molecule has 0 bridgehead atoms. The lowest BCUT2D eigenvalue weighted by atomic mass is 10.1. The average Bonchev–Trinajstić information content (AvgIpc) is 3.33. The fraction of sp³-hybridized carbons (Fsp3) is 0.280. The number of rotatable bonds is 8. The molecule has 0 amide bonds. The maximum atomic E-state index is 13.5. The minimum Gasteiger partial charge on any atom is -0.469 e. The number of nitrogens with zero attached hydrogens (tertiary/aromatic N) is 3. The Morgan fingerprint density at radius 2 is 1.94 bits per heavy atom. The van der Waals surface area contributed by atoms with Crippen molar-refractivity contribution in [3.63, 3.8) is 0 Å². The average molecular weight is 465 g/mol. The molecular formula is C25H24FN3O5. The van der Waals surface area contributed by atoms with E-state index in [0.29, 0.717) is 58.7 Å². The molecule has 4 rings (SSSR count). The number of ether oxygens (including phenoxy) is 1. The number of halogens is 1. The molecule has 9 heteroatoms. The molecule has 34 heavy (non-hydrogen) atoms. The Morgan fingerprint density at radius 3 is 2.62 bits per heavy atom. The number of carbonyl (C=O) groups is 1. The lowest BCUT2D eigenvalue weighted by molar-refractivity contribution is -0.140. The molecule has 176 valence electrons. The number of hydrogen-bond acceptors (Lipinski definition) is 7. The molecule has 2 heterocycles. The van der Waals surface area contributed by atoms with Gasteiger partial charge >= 0.3 is 5.97 Å². The maximum Gasteiger partial charge on any atom is 0.305 e. The van der Waals surface area contributed by atoms with Crippen LogP contribution in [0.3, 0.4) is 0 Å². The number of aliphatic hydroxyl groups excluding tert-OH is 1. The molecule has 2 aromatic heterocycles. The third kappa shape index (κ3) is 4.89. The second-order valence-electron chi connectivity index (χ2n) is 7.95. The Labute approximate surface area is 194 Å². The SMILES string of the molecule is COC(=O)CCCCc1nc2cc(-c3cc([C@@H](C)O)on3)ccc2c(=O)n1-c1ccc(F)cc1. The van der Waals surface area contributed by atoms with Crippen molar-refractivity contribution in [1.82, 2.24) is 14.7 Å². The normalized spacial score (nSPS) is 12.1. The van der Waals surface area contributed by atoms with Crippen LogP contribution in [0, 0.1) is 5.82 Å². The first-order valence-electron chi connectivity index (χ1n) is 10.9.